The van der Waals surface area contributed by atoms with Crippen LogP contribution in [0.2, 0.25) is 0 Å². The number of rotatable bonds is 3. The molecule has 0 aromatic carbocycles. The smallest absolute Gasteiger partial charge is 0.223 e. The zero-order valence-electron chi connectivity index (χ0n) is 12.6. The molecule has 0 aromatic rings. The zero-order valence-corrected chi connectivity index (χ0v) is 12.6. The van der Waals surface area contributed by atoms with Gasteiger partial charge < -0.3 is 14.8 Å². The van der Waals surface area contributed by atoms with E-state index in [1.165, 1.54) is 6.42 Å². The molecule has 1 aliphatic heterocycles. The van der Waals surface area contributed by atoms with E-state index in [-0.39, 0.29) is 23.3 Å². The fourth-order valence-corrected chi connectivity index (χ4v) is 3.18. The van der Waals surface area contributed by atoms with Crippen molar-refractivity contribution >= 4 is 5.91 Å². The first-order chi connectivity index (χ1) is 8.80. The van der Waals surface area contributed by atoms with Crippen molar-refractivity contribution in [2.24, 2.45) is 11.3 Å². The number of ether oxygens (including phenoxy) is 2. The molecule has 2 fully saturated rings. The summed E-state index contributed by atoms with van der Waals surface area (Å²) in [4.78, 5) is 12.3. The Morgan fingerprint density at radius 2 is 2.00 bits per heavy atom. The Labute approximate surface area is 116 Å². The van der Waals surface area contributed by atoms with E-state index in [9.17, 15) is 4.79 Å². The van der Waals surface area contributed by atoms with Gasteiger partial charge >= 0.3 is 0 Å². The van der Waals surface area contributed by atoms with E-state index in [1.807, 2.05) is 13.8 Å². The molecule has 1 heterocycles. The van der Waals surface area contributed by atoms with Crippen LogP contribution in [0.5, 0.6) is 0 Å². The van der Waals surface area contributed by atoms with E-state index in [0.717, 1.165) is 19.3 Å². The molecule has 1 saturated heterocycles. The van der Waals surface area contributed by atoms with Crippen LogP contribution < -0.4 is 5.32 Å². The van der Waals surface area contributed by atoms with Gasteiger partial charge in [-0.1, -0.05) is 26.7 Å². The maximum atomic E-state index is 12.3. The highest BCUT2D eigenvalue weighted by molar-refractivity contribution is 5.79. The molecule has 2 aliphatic rings. The molecule has 2 atom stereocenters. The van der Waals surface area contributed by atoms with Crippen LogP contribution in [0.25, 0.3) is 0 Å². The van der Waals surface area contributed by atoms with Gasteiger partial charge in [0.25, 0.3) is 0 Å². The fourth-order valence-electron chi connectivity index (χ4n) is 3.18. The second-order valence-corrected chi connectivity index (χ2v) is 6.98. The highest BCUT2D eigenvalue weighted by Gasteiger charge is 2.38. The summed E-state index contributed by atoms with van der Waals surface area (Å²) < 4.78 is 11.2. The molecule has 4 nitrogen and oxygen atoms in total. The van der Waals surface area contributed by atoms with E-state index in [1.54, 1.807) is 0 Å². The molecule has 1 aliphatic carbocycles. The topological polar surface area (TPSA) is 47.6 Å². The van der Waals surface area contributed by atoms with E-state index in [2.05, 4.69) is 19.2 Å². The van der Waals surface area contributed by atoms with Gasteiger partial charge in [0, 0.05) is 12.5 Å². The van der Waals surface area contributed by atoms with Crippen LogP contribution in [0, 0.1) is 11.3 Å². The molecule has 0 radical (unpaired) electrons. The van der Waals surface area contributed by atoms with Gasteiger partial charge in [-0.05, 0) is 32.1 Å². The number of carbonyl (C=O) groups is 1. The van der Waals surface area contributed by atoms with E-state index >= 15 is 0 Å². The van der Waals surface area contributed by atoms with Gasteiger partial charge in [-0.15, -0.1) is 0 Å². The number of hydrogen-bond donors (Lipinski definition) is 1. The van der Waals surface area contributed by atoms with Crippen molar-refractivity contribution in [1.82, 2.24) is 5.32 Å². The summed E-state index contributed by atoms with van der Waals surface area (Å²) in [5.41, 5.74) is 0.120. The van der Waals surface area contributed by atoms with Crippen molar-refractivity contribution in [1.29, 1.82) is 0 Å². The maximum absolute atomic E-state index is 12.3. The lowest BCUT2D eigenvalue weighted by atomic mass is 9.68. The minimum Gasteiger partial charge on any atom is -0.353 e. The Hall–Kier alpha value is -0.610. The Bertz CT molecular complexity index is 338. The van der Waals surface area contributed by atoms with Gasteiger partial charge in [0.2, 0.25) is 5.91 Å². The summed E-state index contributed by atoms with van der Waals surface area (Å²) in [5.74, 6) is -0.200. The molecule has 0 aromatic heterocycles. The molecule has 2 unspecified atom stereocenters. The quantitative estimate of drug-likeness (QED) is 0.856. The van der Waals surface area contributed by atoms with Gasteiger partial charge in [-0.3, -0.25) is 4.79 Å². The number of nitrogens with one attached hydrogen (secondary N) is 1. The van der Waals surface area contributed by atoms with Crippen LogP contribution >= 0.6 is 0 Å². The van der Waals surface area contributed by atoms with Crippen LogP contribution in [0.1, 0.15) is 53.4 Å². The normalized spacial score (nSPS) is 33.1. The molecule has 2 rings (SSSR count). The first kappa shape index (κ1) is 14.8. The fraction of sp³-hybridized carbons (Fsp3) is 0.933. The van der Waals surface area contributed by atoms with Crippen molar-refractivity contribution in [2.45, 2.75) is 65.3 Å². The first-order valence-corrected chi connectivity index (χ1v) is 7.40. The van der Waals surface area contributed by atoms with Crippen molar-refractivity contribution in [3.63, 3.8) is 0 Å². The van der Waals surface area contributed by atoms with Crippen molar-refractivity contribution < 1.29 is 14.3 Å². The second-order valence-electron chi connectivity index (χ2n) is 6.98. The first-order valence-electron chi connectivity index (χ1n) is 7.40. The predicted octanol–water partition coefficient (Wildman–Crippen LogP) is 2.47. The molecule has 1 N–H and O–H groups in total. The van der Waals surface area contributed by atoms with Crippen LogP contribution in [-0.4, -0.2) is 30.9 Å². The standard InChI is InChI=1S/C15H27NO3/c1-14(2)8-6-5-7-12(14)13(17)16-9-11-10-18-15(3,4)19-11/h11-12H,5-10H2,1-4H3,(H,16,17). The predicted molar refractivity (Wildman–Crippen MR) is 73.7 cm³/mol. The minimum absolute atomic E-state index is 0.0225. The van der Waals surface area contributed by atoms with E-state index < -0.39 is 5.79 Å². The molecule has 0 bridgehead atoms. The van der Waals surface area contributed by atoms with Gasteiger partial charge in [0.15, 0.2) is 5.79 Å². The van der Waals surface area contributed by atoms with Gasteiger partial charge in [-0.25, -0.2) is 0 Å². The monoisotopic (exact) mass is 269 g/mol. The summed E-state index contributed by atoms with van der Waals surface area (Å²) in [6.07, 6.45) is 4.53. The molecule has 1 saturated carbocycles. The lowest BCUT2D eigenvalue weighted by Crippen LogP contribution is -2.44. The molecule has 19 heavy (non-hydrogen) atoms. The van der Waals surface area contributed by atoms with E-state index in [4.69, 9.17) is 9.47 Å². The third-order valence-corrected chi connectivity index (χ3v) is 4.39. The SMILES string of the molecule is CC1(C)OCC(CNC(=O)C2CCCCC2(C)C)O1. The molecule has 0 spiro atoms. The summed E-state index contributed by atoms with van der Waals surface area (Å²) in [7, 11) is 0. The van der Waals surface area contributed by atoms with Gasteiger partial charge in [0.05, 0.1) is 6.61 Å². The Morgan fingerprint density at radius 1 is 1.26 bits per heavy atom. The van der Waals surface area contributed by atoms with Crippen LogP contribution in [0.3, 0.4) is 0 Å². The molecule has 1 amide bonds. The summed E-state index contributed by atoms with van der Waals surface area (Å²) in [6.45, 7) is 9.32. The van der Waals surface area contributed by atoms with Crippen LogP contribution in [-0.2, 0) is 14.3 Å². The average Bonchev–Trinajstić information content (AvgIpc) is 2.65. The lowest BCUT2D eigenvalue weighted by Gasteiger charge is -2.37. The summed E-state index contributed by atoms with van der Waals surface area (Å²) in [5, 5.41) is 3.04. The van der Waals surface area contributed by atoms with E-state index in [0.29, 0.717) is 13.2 Å². The molecular formula is C15H27NO3. The number of carbonyl (C=O) groups excluding carboxylic acids is 1. The highest BCUT2D eigenvalue weighted by Crippen LogP contribution is 2.40. The average molecular weight is 269 g/mol. The number of amides is 1. The summed E-state index contributed by atoms with van der Waals surface area (Å²) >= 11 is 0. The maximum Gasteiger partial charge on any atom is 0.223 e. The van der Waals surface area contributed by atoms with Crippen molar-refractivity contribution in [2.75, 3.05) is 13.2 Å². The zero-order chi connectivity index (χ0) is 14.1. The third-order valence-electron chi connectivity index (χ3n) is 4.39. The van der Waals surface area contributed by atoms with Crippen LogP contribution in [0.4, 0.5) is 0 Å². The Kier molecular flexibility index (Phi) is 4.21. The van der Waals surface area contributed by atoms with Crippen LogP contribution in [0.15, 0.2) is 0 Å². The Morgan fingerprint density at radius 3 is 2.58 bits per heavy atom. The summed E-state index contributed by atoms with van der Waals surface area (Å²) in [6, 6.07) is 0. The molecular weight excluding hydrogens is 242 g/mol. The largest absolute Gasteiger partial charge is 0.353 e. The van der Waals surface area contributed by atoms with Gasteiger partial charge in [0.1, 0.15) is 6.10 Å². The number of hydrogen-bond acceptors (Lipinski definition) is 3. The lowest BCUT2D eigenvalue weighted by molar-refractivity contribution is -0.141. The Balaban J connectivity index is 1.81. The minimum atomic E-state index is -0.514. The third kappa shape index (κ3) is 3.69. The second kappa shape index (κ2) is 5.41. The molecule has 4 heteroatoms. The van der Waals surface area contributed by atoms with Crippen molar-refractivity contribution in [3.05, 3.63) is 0 Å². The highest BCUT2D eigenvalue weighted by atomic mass is 16.7. The van der Waals surface area contributed by atoms with Gasteiger partial charge in [-0.2, -0.15) is 0 Å². The van der Waals surface area contributed by atoms with Crippen molar-refractivity contribution in [3.8, 4) is 0 Å². The molecule has 110 valence electrons.